The van der Waals surface area contributed by atoms with Gasteiger partial charge in [0.25, 0.3) is 0 Å². The molecule has 0 N–H and O–H groups in total. The molecule has 1 fully saturated rings. The van der Waals surface area contributed by atoms with Crippen molar-refractivity contribution in [3.05, 3.63) is 88.0 Å². The standard InChI is InChI=1S/C35H42N2/c1-7-37-34-17-14-28(25(5)31-16-13-30(19-24(31)4)27-11-9-8-10-12-27)20-32(34)33-21-29(15-18-35(33)37)26(6)36-22-23(2)3/h13-14,16-21,27,29H,2,5,7-12,15,22H2,1,3-4,6H3. The Hall–Kier alpha value is -3.13. The molecule has 2 aliphatic carbocycles. The number of aromatic nitrogens is 1. The van der Waals surface area contributed by atoms with E-state index in [1.807, 2.05) is 6.92 Å². The summed E-state index contributed by atoms with van der Waals surface area (Å²) in [7, 11) is 0. The van der Waals surface area contributed by atoms with Crippen molar-refractivity contribution in [3.63, 3.8) is 0 Å². The van der Waals surface area contributed by atoms with Crippen molar-refractivity contribution < 1.29 is 0 Å². The Labute approximate surface area is 222 Å². The van der Waals surface area contributed by atoms with Gasteiger partial charge in [-0.3, -0.25) is 4.99 Å². The van der Waals surface area contributed by atoms with Gasteiger partial charge in [0.2, 0.25) is 0 Å². The van der Waals surface area contributed by atoms with Gasteiger partial charge < -0.3 is 4.57 Å². The van der Waals surface area contributed by atoms with Crippen LogP contribution in [0.5, 0.6) is 0 Å². The molecular formula is C35H42N2. The topological polar surface area (TPSA) is 17.3 Å². The van der Waals surface area contributed by atoms with Gasteiger partial charge in [0.05, 0.1) is 6.54 Å². The summed E-state index contributed by atoms with van der Waals surface area (Å²) >= 11 is 0. The normalized spacial score (nSPS) is 18.3. The van der Waals surface area contributed by atoms with Crippen LogP contribution < -0.4 is 10.6 Å². The number of hydrogen-bond donors (Lipinski definition) is 0. The second-order valence-electron chi connectivity index (χ2n) is 11.3. The number of aryl methyl sites for hydroxylation is 2. The number of nitrogens with zero attached hydrogens (tertiary/aromatic N) is 2. The summed E-state index contributed by atoms with van der Waals surface area (Å²) in [5.74, 6) is 1.07. The molecule has 1 heterocycles. The summed E-state index contributed by atoms with van der Waals surface area (Å²) < 4.78 is 2.45. The molecule has 2 aliphatic rings. The Kier molecular flexibility index (Phi) is 7.38. The number of aliphatic imine (C=N–C) groups is 1. The lowest BCUT2D eigenvalue weighted by Crippen LogP contribution is -2.33. The predicted octanol–water partition coefficient (Wildman–Crippen LogP) is 7.70. The average molecular weight is 491 g/mol. The van der Waals surface area contributed by atoms with Crippen LogP contribution in [0.3, 0.4) is 0 Å². The molecule has 2 nitrogen and oxygen atoms in total. The van der Waals surface area contributed by atoms with Crippen LogP contribution in [0, 0.1) is 12.8 Å². The summed E-state index contributed by atoms with van der Waals surface area (Å²) in [6, 6.07) is 14.0. The first-order valence-electron chi connectivity index (χ1n) is 14.2. The minimum absolute atomic E-state index is 0.337. The fourth-order valence-electron chi connectivity index (χ4n) is 6.37. The van der Waals surface area contributed by atoms with Crippen LogP contribution in [0.15, 0.2) is 60.1 Å². The number of hydrogen-bond acceptors (Lipinski definition) is 1. The Morgan fingerprint density at radius 1 is 1.03 bits per heavy atom. The van der Waals surface area contributed by atoms with E-state index >= 15 is 0 Å². The largest absolute Gasteiger partial charge is 0.341 e. The van der Waals surface area contributed by atoms with Gasteiger partial charge in [0, 0.05) is 39.6 Å². The molecule has 2 heteroatoms. The van der Waals surface area contributed by atoms with E-state index in [1.165, 1.54) is 81.5 Å². The first kappa shape index (κ1) is 25.5. The lowest BCUT2D eigenvalue weighted by Gasteiger charge is -2.23. The van der Waals surface area contributed by atoms with Gasteiger partial charge in [-0.15, -0.1) is 0 Å². The minimum Gasteiger partial charge on any atom is -0.341 e. The molecule has 0 aliphatic heterocycles. The maximum absolute atomic E-state index is 4.81. The average Bonchev–Trinajstić information content (AvgIpc) is 3.23. The van der Waals surface area contributed by atoms with Crippen molar-refractivity contribution in [1.82, 2.24) is 4.57 Å². The third-order valence-corrected chi connectivity index (χ3v) is 8.53. The van der Waals surface area contributed by atoms with Crippen molar-refractivity contribution in [2.45, 2.75) is 78.7 Å². The molecule has 0 spiro atoms. The smallest absolute Gasteiger partial charge is 0.0593 e. The van der Waals surface area contributed by atoms with E-state index in [1.54, 1.807) is 0 Å². The van der Waals surface area contributed by atoms with Gasteiger partial charge in [0.1, 0.15) is 0 Å². The number of rotatable bonds is 7. The Morgan fingerprint density at radius 3 is 2.51 bits per heavy atom. The third-order valence-electron chi connectivity index (χ3n) is 8.53. The van der Waals surface area contributed by atoms with Crippen molar-refractivity contribution in [3.8, 4) is 0 Å². The van der Waals surface area contributed by atoms with Crippen molar-refractivity contribution in [2.24, 2.45) is 10.9 Å². The summed E-state index contributed by atoms with van der Waals surface area (Å²) in [5.41, 5.74) is 10.0. The predicted molar refractivity (Wildman–Crippen MR) is 162 cm³/mol. The zero-order valence-electron chi connectivity index (χ0n) is 23.2. The van der Waals surface area contributed by atoms with Crippen LogP contribution in [0.4, 0.5) is 0 Å². The van der Waals surface area contributed by atoms with E-state index in [0.29, 0.717) is 12.5 Å². The molecule has 1 atom stereocenters. The Bertz CT molecular complexity index is 1500. The highest BCUT2D eigenvalue weighted by Gasteiger charge is 2.19. The van der Waals surface area contributed by atoms with Gasteiger partial charge in [-0.25, -0.2) is 0 Å². The van der Waals surface area contributed by atoms with Crippen LogP contribution >= 0.6 is 0 Å². The molecule has 192 valence electrons. The van der Waals surface area contributed by atoms with E-state index < -0.39 is 0 Å². The van der Waals surface area contributed by atoms with Gasteiger partial charge in [-0.2, -0.15) is 0 Å². The van der Waals surface area contributed by atoms with E-state index in [-0.39, 0.29) is 0 Å². The van der Waals surface area contributed by atoms with Crippen LogP contribution in [0.1, 0.15) is 87.5 Å². The quantitative estimate of drug-likeness (QED) is 0.238. The summed E-state index contributed by atoms with van der Waals surface area (Å²) in [6.45, 7) is 19.0. The first-order valence-corrected chi connectivity index (χ1v) is 14.2. The molecular weight excluding hydrogens is 448 g/mol. The SMILES string of the molecule is C=C(C)CN=C(C)C1C=c2c(n(CC)c3ccc(C(=C)c4ccc(C5CCCCC5)cc4C)cc23)=CC1. The molecule has 1 unspecified atom stereocenters. The molecule has 37 heavy (non-hydrogen) atoms. The van der Waals surface area contributed by atoms with E-state index in [4.69, 9.17) is 4.99 Å². The summed E-state index contributed by atoms with van der Waals surface area (Å²) in [4.78, 5) is 4.81. The lowest BCUT2D eigenvalue weighted by molar-refractivity contribution is 0.443. The molecule has 0 saturated heterocycles. The number of benzene rings is 2. The molecule has 1 saturated carbocycles. The maximum Gasteiger partial charge on any atom is 0.0593 e. The fourth-order valence-corrected chi connectivity index (χ4v) is 6.37. The van der Waals surface area contributed by atoms with Crippen molar-refractivity contribution in [1.29, 1.82) is 0 Å². The van der Waals surface area contributed by atoms with Crippen LogP contribution in [-0.2, 0) is 6.54 Å². The van der Waals surface area contributed by atoms with Crippen molar-refractivity contribution >= 4 is 34.3 Å². The van der Waals surface area contributed by atoms with Crippen LogP contribution in [-0.4, -0.2) is 16.8 Å². The maximum atomic E-state index is 4.81. The second kappa shape index (κ2) is 10.7. The summed E-state index contributed by atoms with van der Waals surface area (Å²) in [6.07, 6.45) is 12.7. The highest BCUT2D eigenvalue weighted by Crippen LogP contribution is 2.35. The van der Waals surface area contributed by atoms with Gasteiger partial charge in [-0.1, -0.05) is 74.4 Å². The number of fused-ring (bicyclic) bond motifs is 3. The molecule has 1 aromatic heterocycles. The van der Waals surface area contributed by atoms with Gasteiger partial charge in [-0.05, 0) is 92.8 Å². The fraction of sp³-hybridized carbons (Fsp3) is 0.400. The lowest BCUT2D eigenvalue weighted by atomic mass is 9.82. The van der Waals surface area contributed by atoms with Crippen molar-refractivity contribution in [2.75, 3.05) is 6.54 Å². The van der Waals surface area contributed by atoms with Crippen LogP contribution in [0.2, 0.25) is 0 Å². The molecule has 5 rings (SSSR count). The highest BCUT2D eigenvalue weighted by atomic mass is 15.0. The van der Waals surface area contributed by atoms with E-state index in [2.05, 4.69) is 87.0 Å². The van der Waals surface area contributed by atoms with Gasteiger partial charge >= 0.3 is 0 Å². The van der Waals surface area contributed by atoms with Crippen LogP contribution in [0.25, 0.3) is 28.6 Å². The second-order valence-corrected chi connectivity index (χ2v) is 11.3. The highest BCUT2D eigenvalue weighted by molar-refractivity contribution is 5.94. The first-order chi connectivity index (χ1) is 17.9. The molecule has 3 aromatic rings. The molecule has 2 aromatic carbocycles. The van der Waals surface area contributed by atoms with E-state index in [0.717, 1.165) is 30.0 Å². The molecule has 0 radical (unpaired) electrons. The minimum atomic E-state index is 0.337. The Morgan fingerprint density at radius 2 is 1.81 bits per heavy atom. The third kappa shape index (κ3) is 5.04. The Balaban J connectivity index is 1.53. The molecule has 0 bridgehead atoms. The summed E-state index contributed by atoms with van der Waals surface area (Å²) in [5, 5.41) is 4.01. The zero-order chi connectivity index (χ0) is 26.1. The zero-order valence-corrected chi connectivity index (χ0v) is 23.2. The molecule has 0 amide bonds. The monoisotopic (exact) mass is 490 g/mol. The van der Waals surface area contributed by atoms with E-state index in [9.17, 15) is 0 Å². The van der Waals surface area contributed by atoms with Gasteiger partial charge in [0.15, 0.2) is 0 Å².